The molecule has 6 rings (SSSR count). The normalized spacial score (nSPS) is 13.3. The highest BCUT2D eigenvalue weighted by atomic mass is 31.1. The van der Waals surface area contributed by atoms with Crippen LogP contribution in [0, 0.1) is 5.92 Å². The van der Waals surface area contributed by atoms with E-state index in [1.807, 2.05) is 0 Å². The smallest absolute Gasteiger partial charge is 0.0139 e. The van der Waals surface area contributed by atoms with Gasteiger partial charge in [-0.05, 0) is 65.9 Å². The fourth-order valence-electron chi connectivity index (χ4n) is 5.89. The third-order valence-corrected chi connectivity index (χ3v) is 17.4. The van der Waals surface area contributed by atoms with Crippen LogP contribution in [0.25, 0.3) is 0 Å². The lowest BCUT2D eigenvalue weighted by atomic mass is 10.1. The summed E-state index contributed by atoms with van der Waals surface area (Å²) < 4.78 is 0. The first-order valence-corrected chi connectivity index (χ1v) is 20.6. The van der Waals surface area contributed by atoms with E-state index in [0.717, 1.165) is 29.5 Å². The van der Waals surface area contributed by atoms with Crippen molar-refractivity contribution in [1.82, 2.24) is 0 Å². The third kappa shape index (κ3) is 8.65. The molecule has 6 aromatic carbocycles. The Morgan fingerprint density at radius 1 is 0.400 bits per heavy atom. The molecule has 224 valence electrons. The molecule has 0 aliphatic carbocycles. The molecule has 0 saturated heterocycles. The summed E-state index contributed by atoms with van der Waals surface area (Å²) in [7, 11) is 0.329. The lowest BCUT2D eigenvalue weighted by Crippen LogP contribution is -2.37. The Balaban J connectivity index is 1.49. The summed E-state index contributed by atoms with van der Waals surface area (Å²) in [6.45, 7) is 2.61. The zero-order valence-corrected chi connectivity index (χ0v) is 29.5. The molecule has 0 saturated carbocycles. The molecular formula is C41H40P4. The van der Waals surface area contributed by atoms with Gasteiger partial charge in [0.05, 0.1) is 0 Å². The van der Waals surface area contributed by atoms with E-state index >= 15 is 0 Å². The predicted molar refractivity (Wildman–Crippen MR) is 209 cm³/mol. The van der Waals surface area contributed by atoms with Gasteiger partial charge in [-0.15, -0.1) is 0 Å². The molecule has 0 N–H and O–H groups in total. The molecular weight excluding hydrogens is 616 g/mol. The van der Waals surface area contributed by atoms with E-state index in [2.05, 4.69) is 189 Å². The van der Waals surface area contributed by atoms with Gasteiger partial charge >= 0.3 is 0 Å². The number of benzene rings is 6. The summed E-state index contributed by atoms with van der Waals surface area (Å²) >= 11 is 0. The van der Waals surface area contributed by atoms with Crippen LogP contribution in [0.3, 0.4) is 0 Å². The second-order valence-electron chi connectivity index (χ2n) is 11.4. The van der Waals surface area contributed by atoms with Crippen molar-refractivity contribution in [1.29, 1.82) is 0 Å². The SMILES string of the molecule is CC(Pc1ccccc1)(Pc1ccccc1)C(CP(c1ccccc1)c1ccccc1)CP(c1ccccc1)c1ccccc1. The van der Waals surface area contributed by atoms with E-state index < -0.39 is 15.8 Å². The van der Waals surface area contributed by atoms with Crippen LogP contribution in [-0.2, 0) is 0 Å². The average molecular weight is 657 g/mol. The first-order valence-electron chi connectivity index (χ1n) is 15.6. The zero-order valence-electron chi connectivity index (χ0n) is 25.7. The molecule has 0 spiro atoms. The van der Waals surface area contributed by atoms with E-state index in [0.29, 0.717) is 5.92 Å². The van der Waals surface area contributed by atoms with Crippen LogP contribution in [0.1, 0.15) is 6.92 Å². The third-order valence-electron chi connectivity index (χ3n) is 8.25. The molecule has 0 aliphatic heterocycles. The molecule has 6 aromatic rings. The van der Waals surface area contributed by atoms with E-state index in [1.54, 1.807) is 0 Å². The van der Waals surface area contributed by atoms with Gasteiger partial charge in [0.2, 0.25) is 0 Å². The van der Waals surface area contributed by atoms with E-state index in [-0.39, 0.29) is 4.90 Å². The van der Waals surface area contributed by atoms with Crippen molar-refractivity contribution in [3.8, 4) is 0 Å². The Hall–Kier alpha value is -2.96. The molecule has 2 atom stereocenters. The van der Waals surface area contributed by atoms with Crippen molar-refractivity contribution in [2.75, 3.05) is 12.3 Å². The first-order chi connectivity index (χ1) is 22.2. The van der Waals surface area contributed by atoms with Crippen LogP contribution in [0.15, 0.2) is 182 Å². The highest BCUT2D eigenvalue weighted by molar-refractivity contribution is 7.74. The minimum Gasteiger partial charge on any atom is -0.0795 e. The Kier molecular flexibility index (Phi) is 11.4. The molecule has 0 nitrogen and oxygen atoms in total. The summed E-state index contributed by atoms with van der Waals surface area (Å²) in [6.07, 6.45) is 2.33. The van der Waals surface area contributed by atoms with Crippen LogP contribution in [0.4, 0.5) is 0 Å². The summed E-state index contributed by atoms with van der Waals surface area (Å²) in [5.74, 6) is 0.493. The molecule has 0 heterocycles. The van der Waals surface area contributed by atoms with Crippen LogP contribution in [0.2, 0.25) is 0 Å². The molecule has 0 bridgehead atoms. The zero-order chi connectivity index (χ0) is 30.7. The molecule has 0 radical (unpaired) electrons. The van der Waals surface area contributed by atoms with Crippen LogP contribution < -0.4 is 31.8 Å². The van der Waals surface area contributed by atoms with Crippen molar-refractivity contribution < 1.29 is 0 Å². The van der Waals surface area contributed by atoms with Gasteiger partial charge in [0.15, 0.2) is 0 Å². The van der Waals surface area contributed by atoms with E-state index in [1.165, 1.54) is 31.8 Å². The standard InChI is InChI=1S/C41H40P4/c1-41(42-35-20-8-2-9-21-35,43-36-22-10-3-11-23-36)34(32-44(37-24-12-4-13-25-37)38-26-14-5-15-27-38)33-45(39-28-16-6-17-29-39)40-30-18-7-19-31-40/h2-31,34,42-43H,32-33H2,1H3. The largest absolute Gasteiger partial charge is 0.0795 e. The van der Waals surface area contributed by atoms with E-state index in [9.17, 15) is 0 Å². The van der Waals surface area contributed by atoms with Crippen molar-refractivity contribution >= 4 is 64.8 Å². The fourth-order valence-corrected chi connectivity index (χ4v) is 16.1. The van der Waals surface area contributed by atoms with Gasteiger partial charge in [0, 0.05) is 4.90 Å². The van der Waals surface area contributed by atoms with Crippen LogP contribution in [0.5, 0.6) is 0 Å². The average Bonchev–Trinajstić information content (AvgIpc) is 3.11. The Labute approximate surface area is 275 Å². The van der Waals surface area contributed by atoms with Crippen molar-refractivity contribution in [2.45, 2.75) is 11.8 Å². The molecule has 45 heavy (non-hydrogen) atoms. The van der Waals surface area contributed by atoms with Gasteiger partial charge in [-0.2, -0.15) is 0 Å². The molecule has 0 aliphatic rings. The minimum atomic E-state index is -0.553. The molecule has 0 amide bonds. The quantitative estimate of drug-likeness (QED) is 0.109. The van der Waals surface area contributed by atoms with Gasteiger partial charge in [-0.3, -0.25) is 0 Å². The maximum absolute atomic E-state index is 2.61. The number of rotatable bonds is 13. The number of hydrogen-bond donors (Lipinski definition) is 0. The minimum absolute atomic E-state index is 0.0942. The second kappa shape index (κ2) is 16.0. The monoisotopic (exact) mass is 656 g/mol. The van der Waals surface area contributed by atoms with Gasteiger partial charge in [-0.1, -0.05) is 206 Å². The lowest BCUT2D eigenvalue weighted by Gasteiger charge is -2.42. The Morgan fingerprint density at radius 2 is 0.644 bits per heavy atom. The summed E-state index contributed by atoms with van der Waals surface area (Å²) in [4.78, 5) is 0.0942. The number of hydrogen-bond acceptors (Lipinski definition) is 0. The van der Waals surface area contributed by atoms with E-state index in [4.69, 9.17) is 0 Å². The van der Waals surface area contributed by atoms with Crippen molar-refractivity contribution in [3.63, 3.8) is 0 Å². The topological polar surface area (TPSA) is 0 Å². The van der Waals surface area contributed by atoms with Gasteiger partial charge in [0.1, 0.15) is 0 Å². The maximum atomic E-state index is 2.61. The predicted octanol–water partition coefficient (Wildman–Crippen LogP) is 8.59. The highest BCUT2D eigenvalue weighted by Crippen LogP contribution is 2.56. The fraction of sp³-hybridized carbons (Fsp3) is 0.122. The summed E-state index contributed by atoms with van der Waals surface area (Å²) in [6, 6.07) is 67.8. The van der Waals surface area contributed by atoms with Crippen LogP contribution >= 0.6 is 33.0 Å². The van der Waals surface area contributed by atoms with Gasteiger partial charge in [-0.25, -0.2) is 0 Å². The summed E-state index contributed by atoms with van der Waals surface area (Å²) in [5.41, 5.74) is 0. The second-order valence-corrected chi connectivity index (χ2v) is 20.2. The first kappa shape index (κ1) is 32.0. The molecule has 2 unspecified atom stereocenters. The molecule has 0 aromatic heterocycles. The summed E-state index contributed by atoms with van der Waals surface area (Å²) in [5, 5.41) is 8.81. The maximum Gasteiger partial charge on any atom is 0.0139 e. The van der Waals surface area contributed by atoms with Crippen molar-refractivity contribution in [3.05, 3.63) is 182 Å². The molecule has 4 heteroatoms. The van der Waals surface area contributed by atoms with Gasteiger partial charge < -0.3 is 0 Å². The molecule has 0 fully saturated rings. The lowest BCUT2D eigenvalue weighted by molar-refractivity contribution is 0.615. The Morgan fingerprint density at radius 3 is 0.911 bits per heavy atom. The van der Waals surface area contributed by atoms with Crippen molar-refractivity contribution in [2.24, 2.45) is 5.92 Å². The van der Waals surface area contributed by atoms with Crippen LogP contribution in [-0.4, -0.2) is 17.2 Å². The Bertz CT molecular complexity index is 1490. The van der Waals surface area contributed by atoms with Gasteiger partial charge in [0.25, 0.3) is 0 Å². The highest BCUT2D eigenvalue weighted by Gasteiger charge is 2.39.